The summed E-state index contributed by atoms with van der Waals surface area (Å²) in [6.07, 6.45) is 10.9. The Labute approximate surface area is 206 Å². The molecular weight excluding hydrogens is 450 g/mol. The number of amides is 3. The van der Waals surface area contributed by atoms with Crippen molar-refractivity contribution in [3.8, 4) is 24.8 Å². The maximum absolute atomic E-state index is 13.6. The van der Waals surface area contributed by atoms with Crippen LogP contribution in [0.5, 0.6) is 0 Å². The number of carbonyl (C=O) groups excluding carboxylic acids is 4. The van der Waals surface area contributed by atoms with Gasteiger partial charge in [-0.05, 0) is 44.4 Å². The normalized spacial score (nSPS) is 13.1. The van der Waals surface area contributed by atoms with E-state index in [1.54, 1.807) is 52.0 Å². The molecule has 0 saturated carbocycles. The largest absolute Gasteiger partial charge is 0.468 e. The molecule has 9 heteroatoms. The first-order valence-corrected chi connectivity index (χ1v) is 11.1. The van der Waals surface area contributed by atoms with E-state index in [0.717, 1.165) is 4.90 Å². The predicted molar refractivity (Wildman–Crippen MR) is 130 cm³/mol. The van der Waals surface area contributed by atoms with Gasteiger partial charge in [-0.3, -0.25) is 19.3 Å². The molecule has 0 aliphatic carbocycles. The van der Waals surface area contributed by atoms with Crippen LogP contribution < -0.4 is 10.6 Å². The van der Waals surface area contributed by atoms with Crippen LogP contribution >= 0.6 is 0 Å². The van der Waals surface area contributed by atoms with E-state index in [9.17, 15) is 19.2 Å². The lowest BCUT2D eigenvalue weighted by Gasteiger charge is -2.32. The molecule has 0 aliphatic rings. The molecule has 188 valence electrons. The van der Waals surface area contributed by atoms with Crippen LogP contribution in [0.1, 0.15) is 58.2 Å². The summed E-state index contributed by atoms with van der Waals surface area (Å²) in [4.78, 5) is 51.7. The quantitative estimate of drug-likeness (QED) is 0.317. The Hall–Kier alpha value is -3.98. The van der Waals surface area contributed by atoms with Gasteiger partial charge in [-0.15, -0.1) is 6.42 Å². The van der Waals surface area contributed by atoms with E-state index >= 15 is 0 Å². The molecule has 0 radical (unpaired) electrons. The molecule has 0 saturated heterocycles. The first-order valence-electron chi connectivity index (χ1n) is 11.1. The number of nitrogens with one attached hydrogen (secondary N) is 2. The van der Waals surface area contributed by atoms with Crippen molar-refractivity contribution in [1.29, 1.82) is 0 Å². The van der Waals surface area contributed by atoms with Crippen LogP contribution in [0, 0.1) is 30.7 Å². The molecule has 9 nitrogen and oxygen atoms in total. The maximum Gasteiger partial charge on any atom is 0.408 e. The number of hydrogen-bond donors (Lipinski definition) is 2. The molecule has 0 aromatic heterocycles. The van der Waals surface area contributed by atoms with E-state index < -0.39 is 48.1 Å². The summed E-state index contributed by atoms with van der Waals surface area (Å²) in [5, 5.41) is 5.01. The number of benzene rings is 1. The number of methoxy groups -OCH3 is 1. The highest BCUT2D eigenvalue weighted by Gasteiger charge is 2.37. The molecule has 3 unspecified atom stereocenters. The third-order valence-electron chi connectivity index (χ3n) is 5.06. The molecule has 0 bridgehead atoms. The summed E-state index contributed by atoms with van der Waals surface area (Å²) in [6, 6.07) is 6.20. The van der Waals surface area contributed by atoms with Crippen molar-refractivity contribution in [3.63, 3.8) is 0 Å². The molecule has 0 aliphatic heterocycles. The number of terminal acetylenes is 2. The van der Waals surface area contributed by atoms with Gasteiger partial charge < -0.3 is 20.1 Å². The van der Waals surface area contributed by atoms with Crippen molar-refractivity contribution in [3.05, 3.63) is 35.4 Å². The average Bonchev–Trinajstić information content (AvgIpc) is 2.82. The molecule has 1 rings (SSSR count). The summed E-state index contributed by atoms with van der Waals surface area (Å²) in [6.45, 7) is 8.28. The van der Waals surface area contributed by atoms with Crippen molar-refractivity contribution in [2.24, 2.45) is 5.92 Å². The summed E-state index contributed by atoms with van der Waals surface area (Å²) in [5.74, 6) is 0.0546. The number of nitrogens with zero attached hydrogens (tertiary/aromatic N) is 1. The number of ether oxygens (including phenoxy) is 2. The smallest absolute Gasteiger partial charge is 0.408 e. The Balaban J connectivity index is 3.41. The zero-order chi connectivity index (χ0) is 26.8. The zero-order valence-corrected chi connectivity index (χ0v) is 21.0. The van der Waals surface area contributed by atoms with Gasteiger partial charge in [0.15, 0.2) is 0 Å². The van der Waals surface area contributed by atoms with E-state index in [1.807, 2.05) is 6.92 Å². The molecule has 0 spiro atoms. The van der Waals surface area contributed by atoms with Gasteiger partial charge in [0, 0.05) is 11.6 Å². The van der Waals surface area contributed by atoms with Crippen molar-refractivity contribution < 1.29 is 28.7 Å². The van der Waals surface area contributed by atoms with Gasteiger partial charge in [0.05, 0.1) is 7.11 Å². The number of hydrogen-bond acceptors (Lipinski definition) is 6. The SMILES string of the molecule is C#Cc1ccc(C(C(=O)NCC(=O)OC)N(C#C)C(=O)C(NC(=O)OC(C)(C)C)C(C)CC)cc1. The Morgan fingerprint density at radius 2 is 1.71 bits per heavy atom. The van der Waals surface area contributed by atoms with Crippen LogP contribution in [0.25, 0.3) is 0 Å². The Morgan fingerprint density at radius 1 is 1.11 bits per heavy atom. The highest BCUT2D eigenvalue weighted by Crippen LogP contribution is 2.24. The Morgan fingerprint density at radius 3 is 2.17 bits per heavy atom. The van der Waals surface area contributed by atoms with E-state index in [0.29, 0.717) is 17.5 Å². The molecule has 1 aromatic carbocycles. The van der Waals surface area contributed by atoms with Crippen LogP contribution in [0.3, 0.4) is 0 Å². The van der Waals surface area contributed by atoms with Crippen LogP contribution in [0.15, 0.2) is 24.3 Å². The van der Waals surface area contributed by atoms with Gasteiger partial charge in [0.2, 0.25) is 5.91 Å². The van der Waals surface area contributed by atoms with Crippen LogP contribution in [0.2, 0.25) is 0 Å². The van der Waals surface area contributed by atoms with E-state index in [-0.39, 0.29) is 5.92 Å². The molecule has 3 amide bonds. The fourth-order valence-electron chi connectivity index (χ4n) is 3.04. The minimum Gasteiger partial charge on any atom is -0.468 e. The first kappa shape index (κ1) is 29.1. The molecular formula is C26H33N3O6. The molecule has 3 atom stereocenters. The minimum atomic E-state index is -1.31. The van der Waals surface area contributed by atoms with Crippen LogP contribution in [-0.4, -0.2) is 54.1 Å². The van der Waals surface area contributed by atoms with E-state index in [4.69, 9.17) is 17.6 Å². The third-order valence-corrected chi connectivity index (χ3v) is 5.06. The van der Waals surface area contributed by atoms with E-state index in [2.05, 4.69) is 27.3 Å². The summed E-state index contributed by atoms with van der Waals surface area (Å²) >= 11 is 0. The molecule has 0 heterocycles. The molecule has 35 heavy (non-hydrogen) atoms. The van der Waals surface area contributed by atoms with Gasteiger partial charge in [-0.1, -0.05) is 44.7 Å². The lowest BCUT2D eigenvalue weighted by Crippen LogP contribution is -2.54. The topological polar surface area (TPSA) is 114 Å². The predicted octanol–water partition coefficient (Wildman–Crippen LogP) is 2.36. The number of alkyl carbamates (subject to hydrolysis) is 1. The van der Waals surface area contributed by atoms with Gasteiger partial charge in [-0.2, -0.15) is 0 Å². The fourth-order valence-corrected chi connectivity index (χ4v) is 3.04. The Kier molecular flexibility index (Phi) is 10.8. The van der Waals surface area contributed by atoms with Crippen molar-refractivity contribution >= 4 is 23.9 Å². The second-order valence-corrected chi connectivity index (χ2v) is 8.81. The lowest BCUT2D eigenvalue weighted by atomic mass is 9.96. The third kappa shape index (κ3) is 8.71. The minimum absolute atomic E-state index is 0.339. The molecule has 0 fully saturated rings. The van der Waals surface area contributed by atoms with Gasteiger partial charge in [0.1, 0.15) is 24.2 Å². The van der Waals surface area contributed by atoms with E-state index in [1.165, 1.54) is 7.11 Å². The first-order chi connectivity index (χ1) is 16.4. The lowest BCUT2D eigenvalue weighted by molar-refractivity contribution is -0.143. The molecule has 2 N–H and O–H groups in total. The van der Waals surface area contributed by atoms with Crippen molar-refractivity contribution in [2.45, 2.75) is 58.7 Å². The monoisotopic (exact) mass is 483 g/mol. The fraction of sp³-hybridized carbons (Fsp3) is 0.462. The molecule has 1 aromatic rings. The van der Waals surface area contributed by atoms with Crippen molar-refractivity contribution in [2.75, 3.05) is 13.7 Å². The number of rotatable bonds is 9. The van der Waals surface area contributed by atoms with Gasteiger partial charge in [-0.25, -0.2) is 4.79 Å². The van der Waals surface area contributed by atoms with Crippen molar-refractivity contribution in [1.82, 2.24) is 15.5 Å². The van der Waals surface area contributed by atoms with Gasteiger partial charge in [0.25, 0.3) is 5.91 Å². The highest BCUT2D eigenvalue weighted by atomic mass is 16.6. The Bertz CT molecular complexity index is 998. The number of esters is 1. The standard InChI is InChI=1S/C26H33N3O6/c1-9-17(4)21(28-25(33)35-26(5,6)7)24(32)29(11-3)22(23(31)27-16-20(30)34-8)19-14-12-18(10-2)13-15-19/h2-3,12-15,17,21-22H,9,16H2,1,4-8H3,(H,27,31)(H,28,33). The highest BCUT2D eigenvalue weighted by molar-refractivity contribution is 5.94. The van der Waals surface area contributed by atoms with Crippen LogP contribution in [-0.2, 0) is 23.9 Å². The number of carbonyl (C=O) groups is 4. The summed E-state index contributed by atoms with van der Waals surface area (Å²) < 4.78 is 9.86. The summed E-state index contributed by atoms with van der Waals surface area (Å²) in [7, 11) is 1.18. The zero-order valence-electron chi connectivity index (χ0n) is 21.0. The second kappa shape index (κ2) is 13.0. The second-order valence-electron chi connectivity index (χ2n) is 8.81. The summed E-state index contributed by atoms with van der Waals surface area (Å²) in [5.41, 5.74) is 0.136. The maximum atomic E-state index is 13.6. The van der Waals surface area contributed by atoms with Gasteiger partial charge >= 0.3 is 12.1 Å². The average molecular weight is 484 g/mol. The van der Waals surface area contributed by atoms with Crippen LogP contribution in [0.4, 0.5) is 4.79 Å².